The average Bonchev–Trinajstić information content (AvgIpc) is 2.48. The predicted molar refractivity (Wildman–Crippen MR) is 74.1 cm³/mol. The minimum absolute atomic E-state index is 0.000833. The number of hydrogen-bond donors (Lipinski definition) is 2. The maximum Gasteiger partial charge on any atom is 0.226 e. The number of amides is 2. The van der Waals surface area contributed by atoms with E-state index in [1.165, 1.54) is 0 Å². The summed E-state index contributed by atoms with van der Waals surface area (Å²) >= 11 is 0. The van der Waals surface area contributed by atoms with E-state index in [2.05, 4.69) is 10.6 Å². The van der Waals surface area contributed by atoms with Gasteiger partial charge in [-0.1, -0.05) is 18.2 Å². The molecule has 2 N–H and O–H groups in total. The Morgan fingerprint density at radius 1 is 1.25 bits per heavy atom. The molecule has 2 heterocycles. The Morgan fingerprint density at radius 3 is 2.80 bits per heavy atom. The van der Waals surface area contributed by atoms with Gasteiger partial charge in [-0.3, -0.25) is 9.59 Å². The van der Waals surface area contributed by atoms with E-state index in [0.717, 1.165) is 24.1 Å². The zero-order valence-electron chi connectivity index (χ0n) is 11.2. The summed E-state index contributed by atoms with van der Waals surface area (Å²) in [4.78, 5) is 24.0. The number of carbonyl (C=O) groups excluding carboxylic acids is 2. The maximum atomic E-state index is 12.3. The molecule has 0 aliphatic carbocycles. The number of rotatable bonds is 2. The van der Waals surface area contributed by atoms with Crippen LogP contribution >= 0.6 is 0 Å². The van der Waals surface area contributed by atoms with E-state index >= 15 is 0 Å². The molecule has 1 aromatic rings. The molecule has 2 aliphatic rings. The number of ether oxygens (including phenoxy) is 1. The fourth-order valence-electron chi connectivity index (χ4n) is 2.79. The van der Waals surface area contributed by atoms with Crippen LogP contribution in [0.1, 0.15) is 30.9 Å². The van der Waals surface area contributed by atoms with Crippen LogP contribution in [0, 0.1) is 5.92 Å². The first kappa shape index (κ1) is 13.1. The molecule has 1 atom stereocenters. The Morgan fingerprint density at radius 2 is 2.00 bits per heavy atom. The summed E-state index contributed by atoms with van der Waals surface area (Å²) in [5.41, 5.74) is 1.77. The molecule has 1 saturated heterocycles. The monoisotopic (exact) mass is 274 g/mol. The number of carbonyl (C=O) groups is 2. The standard InChI is InChI=1S/C15H18N2O3/c18-14-9-13(11-3-1-2-4-12(11)16-14)17-15(19)10-5-7-20-8-6-10/h1-4,10,13H,5-9H2,(H,16,18)(H,17,19)/t13-/m1/s1. The highest BCUT2D eigenvalue weighted by Crippen LogP contribution is 2.30. The molecule has 1 aromatic carbocycles. The number of benzene rings is 1. The van der Waals surface area contributed by atoms with E-state index in [0.29, 0.717) is 19.6 Å². The van der Waals surface area contributed by atoms with Crippen LogP contribution in [0.2, 0.25) is 0 Å². The molecule has 0 unspecified atom stereocenters. The lowest BCUT2D eigenvalue weighted by atomic mass is 9.94. The van der Waals surface area contributed by atoms with Crippen molar-refractivity contribution in [3.8, 4) is 0 Å². The molecule has 0 saturated carbocycles. The maximum absolute atomic E-state index is 12.3. The second kappa shape index (κ2) is 5.63. The van der Waals surface area contributed by atoms with Gasteiger partial charge in [0.05, 0.1) is 12.5 Å². The normalized spacial score (nSPS) is 22.8. The Balaban J connectivity index is 1.73. The van der Waals surface area contributed by atoms with Crippen molar-refractivity contribution in [3.63, 3.8) is 0 Å². The van der Waals surface area contributed by atoms with Gasteiger partial charge in [0, 0.05) is 24.8 Å². The molecule has 0 bridgehead atoms. The topological polar surface area (TPSA) is 67.4 Å². The summed E-state index contributed by atoms with van der Waals surface area (Å²) < 4.78 is 5.27. The smallest absolute Gasteiger partial charge is 0.226 e. The molecule has 0 spiro atoms. The molecule has 106 valence electrons. The summed E-state index contributed by atoms with van der Waals surface area (Å²) in [6, 6.07) is 7.38. The van der Waals surface area contributed by atoms with Crippen LogP contribution in [0.5, 0.6) is 0 Å². The predicted octanol–water partition coefficient (Wildman–Crippen LogP) is 1.61. The third kappa shape index (κ3) is 2.67. The molecular weight excluding hydrogens is 256 g/mol. The Kier molecular flexibility index (Phi) is 3.69. The van der Waals surface area contributed by atoms with Crippen molar-refractivity contribution in [2.75, 3.05) is 18.5 Å². The minimum Gasteiger partial charge on any atom is -0.381 e. The van der Waals surface area contributed by atoms with Crippen molar-refractivity contribution in [1.29, 1.82) is 0 Å². The van der Waals surface area contributed by atoms with E-state index in [1.807, 2.05) is 24.3 Å². The van der Waals surface area contributed by atoms with Crippen molar-refractivity contribution in [3.05, 3.63) is 29.8 Å². The summed E-state index contributed by atoms with van der Waals surface area (Å²) in [6.07, 6.45) is 1.81. The van der Waals surface area contributed by atoms with E-state index in [1.54, 1.807) is 0 Å². The van der Waals surface area contributed by atoms with E-state index in [-0.39, 0.29) is 23.8 Å². The van der Waals surface area contributed by atoms with E-state index in [4.69, 9.17) is 4.74 Å². The van der Waals surface area contributed by atoms with Gasteiger partial charge in [0.15, 0.2) is 0 Å². The first-order chi connectivity index (χ1) is 9.74. The molecule has 5 nitrogen and oxygen atoms in total. The highest BCUT2D eigenvalue weighted by atomic mass is 16.5. The zero-order valence-corrected chi connectivity index (χ0v) is 11.2. The Labute approximate surface area is 117 Å². The van der Waals surface area contributed by atoms with Crippen molar-refractivity contribution in [2.45, 2.75) is 25.3 Å². The van der Waals surface area contributed by atoms with Gasteiger partial charge in [-0.2, -0.15) is 0 Å². The van der Waals surface area contributed by atoms with Gasteiger partial charge < -0.3 is 15.4 Å². The fourth-order valence-corrected chi connectivity index (χ4v) is 2.79. The molecule has 5 heteroatoms. The summed E-state index contributed by atoms with van der Waals surface area (Å²) in [6.45, 7) is 1.28. The van der Waals surface area contributed by atoms with Gasteiger partial charge in [0.1, 0.15) is 0 Å². The lowest BCUT2D eigenvalue weighted by molar-refractivity contribution is -0.129. The minimum atomic E-state index is -0.227. The van der Waals surface area contributed by atoms with Crippen LogP contribution in [0.25, 0.3) is 0 Å². The van der Waals surface area contributed by atoms with E-state index < -0.39 is 0 Å². The molecule has 2 amide bonds. The van der Waals surface area contributed by atoms with Gasteiger partial charge in [-0.15, -0.1) is 0 Å². The Bertz CT molecular complexity index is 524. The third-order valence-electron chi connectivity index (χ3n) is 3.91. The number of hydrogen-bond acceptors (Lipinski definition) is 3. The Hall–Kier alpha value is -1.88. The lowest BCUT2D eigenvalue weighted by Gasteiger charge is -2.29. The summed E-state index contributed by atoms with van der Waals surface area (Å²) in [5, 5.41) is 5.85. The van der Waals surface area contributed by atoms with Gasteiger partial charge in [-0.25, -0.2) is 0 Å². The molecule has 2 aliphatic heterocycles. The summed E-state index contributed by atoms with van der Waals surface area (Å²) in [5.74, 6) is -0.0234. The van der Waals surface area contributed by atoms with Crippen LogP contribution in [-0.4, -0.2) is 25.0 Å². The zero-order chi connectivity index (χ0) is 13.9. The largest absolute Gasteiger partial charge is 0.381 e. The SMILES string of the molecule is O=C1C[C@@H](NC(=O)C2CCOCC2)c2ccccc2N1. The number of para-hydroxylation sites is 1. The quantitative estimate of drug-likeness (QED) is 0.861. The van der Waals surface area contributed by atoms with Gasteiger partial charge in [-0.05, 0) is 24.5 Å². The van der Waals surface area contributed by atoms with Gasteiger partial charge in [0.25, 0.3) is 0 Å². The van der Waals surface area contributed by atoms with Crippen molar-refractivity contribution >= 4 is 17.5 Å². The lowest BCUT2D eigenvalue weighted by Crippen LogP contribution is -2.39. The molecule has 0 aromatic heterocycles. The van der Waals surface area contributed by atoms with Crippen LogP contribution < -0.4 is 10.6 Å². The highest BCUT2D eigenvalue weighted by Gasteiger charge is 2.29. The second-order valence-corrected chi connectivity index (χ2v) is 5.29. The van der Waals surface area contributed by atoms with Gasteiger partial charge >= 0.3 is 0 Å². The van der Waals surface area contributed by atoms with Gasteiger partial charge in [0.2, 0.25) is 11.8 Å². The van der Waals surface area contributed by atoms with Crippen LogP contribution in [0.3, 0.4) is 0 Å². The molecule has 20 heavy (non-hydrogen) atoms. The molecule has 0 radical (unpaired) electrons. The first-order valence-electron chi connectivity index (χ1n) is 7.01. The van der Waals surface area contributed by atoms with E-state index in [9.17, 15) is 9.59 Å². The number of anilines is 1. The highest BCUT2D eigenvalue weighted by molar-refractivity contribution is 5.95. The van der Waals surface area contributed by atoms with Crippen molar-refractivity contribution in [2.24, 2.45) is 5.92 Å². The molecule has 3 rings (SSSR count). The third-order valence-corrected chi connectivity index (χ3v) is 3.91. The molecule has 1 fully saturated rings. The summed E-state index contributed by atoms with van der Waals surface area (Å²) in [7, 11) is 0. The average molecular weight is 274 g/mol. The van der Waals surface area contributed by atoms with Crippen molar-refractivity contribution < 1.29 is 14.3 Å². The van der Waals surface area contributed by atoms with Crippen LogP contribution in [0.4, 0.5) is 5.69 Å². The number of nitrogens with one attached hydrogen (secondary N) is 2. The second-order valence-electron chi connectivity index (χ2n) is 5.29. The van der Waals surface area contributed by atoms with Crippen LogP contribution in [-0.2, 0) is 14.3 Å². The number of fused-ring (bicyclic) bond motifs is 1. The first-order valence-corrected chi connectivity index (χ1v) is 7.01. The van der Waals surface area contributed by atoms with Crippen molar-refractivity contribution in [1.82, 2.24) is 5.32 Å². The molecular formula is C15H18N2O3. The van der Waals surface area contributed by atoms with Crippen LogP contribution in [0.15, 0.2) is 24.3 Å². The fraction of sp³-hybridized carbons (Fsp3) is 0.467.